The number of nitrogens with one attached hydrogen (secondary N) is 1. The molecule has 110 valence electrons. The number of rotatable bonds is 3. The van der Waals surface area contributed by atoms with E-state index in [9.17, 15) is 4.79 Å². The third-order valence-electron chi connectivity index (χ3n) is 3.96. The molecule has 6 nitrogen and oxygen atoms in total. The van der Waals surface area contributed by atoms with Gasteiger partial charge in [-0.05, 0) is 44.7 Å². The van der Waals surface area contributed by atoms with Crippen molar-refractivity contribution in [2.24, 2.45) is 5.84 Å². The zero-order chi connectivity index (χ0) is 14.8. The highest BCUT2D eigenvalue weighted by Gasteiger charge is 2.18. The monoisotopic (exact) mass is 285 g/mol. The molecule has 0 radical (unpaired) electrons. The topological polar surface area (TPSA) is 85.8 Å². The number of nitrogen functional groups attached to an aromatic ring is 1. The van der Waals surface area contributed by atoms with Crippen LogP contribution in [0.3, 0.4) is 0 Å². The number of hydrazine groups is 1. The van der Waals surface area contributed by atoms with E-state index in [1.54, 1.807) is 12.3 Å². The first-order valence-electron chi connectivity index (χ1n) is 7.20. The molecule has 1 amide bonds. The Morgan fingerprint density at radius 1 is 1.38 bits per heavy atom. The molecule has 1 aliphatic rings. The number of hydrogen-bond donors (Lipinski definition) is 2. The van der Waals surface area contributed by atoms with Gasteiger partial charge >= 0.3 is 0 Å². The number of aryl methyl sites for hydroxylation is 2. The minimum absolute atomic E-state index is 0.328. The van der Waals surface area contributed by atoms with Gasteiger partial charge in [-0.1, -0.05) is 0 Å². The van der Waals surface area contributed by atoms with Crippen LogP contribution in [-0.2, 0) is 19.4 Å². The van der Waals surface area contributed by atoms with Crippen molar-refractivity contribution in [1.29, 1.82) is 0 Å². The average molecular weight is 285 g/mol. The predicted octanol–water partition coefficient (Wildman–Crippen LogP) is 1.12. The van der Waals surface area contributed by atoms with Gasteiger partial charge in [0.2, 0.25) is 0 Å². The molecular formula is C15H19N5O. The number of nitrogens with two attached hydrogens (primary N) is 1. The van der Waals surface area contributed by atoms with Crippen molar-refractivity contribution in [1.82, 2.24) is 20.0 Å². The lowest BCUT2D eigenvalue weighted by atomic mass is 10.0. The maximum Gasteiger partial charge on any atom is 0.266 e. The number of aromatic nitrogens is 3. The zero-order valence-electron chi connectivity index (χ0n) is 12.1. The molecule has 2 heterocycles. The van der Waals surface area contributed by atoms with Gasteiger partial charge in [-0.25, -0.2) is 10.8 Å². The molecule has 0 aliphatic heterocycles. The summed E-state index contributed by atoms with van der Waals surface area (Å²) < 4.78 is 2.24. The lowest BCUT2D eigenvalue weighted by molar-refractivity contribution is 0.0953. The fourth-order valence-electron chi connectivity index (χ4n) is 2.84. The number of pyridine rings is 1. The van der Waals surface area contributed by atoms with Crippen molar-refractivity contribution in [2.75, 3.05) is 0 Å². The molecule has 0 unspecified atom stereocenters. The third-order valence-corrected chi connectivity index (χ3v) is 3.96. The maximum absolute atomic E-state index is 11.4. The van der Waals surface area contributed by atoms with E-state index in [1.807, 2.05) is 13.0 Å². The molecule has 2 aromatic heterocycles. The molecule has 6 heteroatoms. The molecule has 0 aromatic carbocycles. The number of carbonyl (C=O) groups is 1. The van der Waals surface area contributed by atoms with Crippen LogP contribution in [0.15, 0.2) is 18.3 Å². The van der Waals surface area contributed by atoms with Crippen LogP contribution < -0.4 is 11.3 Å². The van der Waals surface area contributed by atoms with E-state index in [-0.39, 0.29) is 5.91 Å². The van der Waals surface area contributed by atoms with E-state index in [1.165, 1.54) is 24.2 Å². The lowest BCUT2D eigenvalue weighted by Gasteiger charge is -2.14. The Balaban J connectivity index is 1.84. The first kappa shape index (κ1) is 13.8. The van der Waals surface area contributed by atoms with Crippen LogP contribution >= 0.6 is 0 Å². The molecule has 0 fully saturated rings. The van der Waals surface area contributed by atoms with E-state index in [2.05, 4.69) is 20.0 Å². The Morgan fingerprint density at radius 3 is 2.90 bits per heavy atom. The molecule has 2 aromatic rings. The summed E-state index contributed by atoms with van der Waals surface area (Å²) in [6.07, 6.45) is 6.16. The van der Waals surface area contributed by atoms with Gasteiger partial charge in [0.05, 0.1) is 23.5 Å². The molecule has 0 spiro atoms. The minimum Gasteiger partial charge on any atom is -0.326 e. The number of fused-ring (bicyclic) bond motifs is 1. The Labute approximate surface area is 123 Å². The summed E-state index contributed by atoms with van der Waals surface area (Å²) >= 11 is 0. The summed E-state index contributed by atoms with van der Waals surface area (Å²) in [6.45, 7) is 2.73. The third kappa shape index (κ3) is 2.67. The standard InChI is InChI=1S/C15H19N5O/c1-10-18-13-4-2-3-5-14(13)20(10)9-12-7-6-11(8-17-12)15(21)19-16/h6-8H,2-5,9,16H2,1H3,(H,19,21). The van der Waals surface area contributed by atoms with Gasteiger partial charge in [-0.3, -0.25) is 15.2 Å². The lowest BCUT2D eigenvalue weighted by Crippen LogP contribution is -2.30. The highest BCUT2D eigenvalue weighted by atomic mass is 16.2. The summed E-state index contributed by atoms with van der Waals surface area (Å²) in [4.78, 5) is 20.4. The van der Waals surface area contributed by atoms with E-state index >= 15 is 0 Å². The fraction of sp³-hybridized carbons (Fsp3) is 0.400. The Bertz CT molecular complexity index is 659. The molecule has 21 heavy (non-hydrogen) atoms. The van der Waals surface area contributed by atoms with Crippen molar-refractivity contribution in [3.63, 3.8) is 0 Å². The Hall–Kier alpha value is -2.21. The van der Waals surface area contributed by atoms with Crippen molar-refractivity contribution in [3.8, 4) is 0 Å². The molecule has 3 rings (SSSR count). The minimum atomic E-state index is -0.328. The van der Waals surface area contributed by atoms with Gasteiger partial charge in [0.1, 0.15) is 5.82 Å². The van der Waals surface area contributed by atoms with E-state index < -0.39 is 0 Å². The molecule has 1 aliphatic carbocycles. The number of hydrogen-bond acceptors (Lipinski definition) is 4. The average Bonchev–Trinajstić information content (AvgIpc) is 2.83. The second-order valence-electron chi connectivity index (χ2n) is 5.36. The number of amides is 1. The summed E-state index contributed by atoms with van der Waals surface area (Å²) in [5.41, 5.74) is 6.05. The fourth-order valence-corrected chi connectivity index (χ4v) is 2.84. The molecule has 3 N–H and O–H groups in total. The second-order valence-corrected chi connectivity index (χ2v) is 5.36. The van der Waals surface area contributed by atoms with Crippen LogP contribution in [0.2, 0.25) is 0 Å². The van der Waals surface area contributed by atoms with Gasteiger partial charge in [0, 0.05) is 11.9 Å². The number of carbonyl (C=O) groups excluding carboxylic acids is 1. The number of imidazole rings is 1. The first-order chi connectivity index (χ1) is 10.2. The van der Waals surface area contributed by atoms with Crippen LogP contribution in [-0.4, -0.2) is 20.4 Å². The van der Waals surface area contributed by atoms with Gasteiger partial charge in [-0.15, -0.1) is 0 Å². The van der Waals surface area contributed by atoms with E-state index in [0.717, 1.165) is 24.4 Å². The van der Waals surface area contributed by atoms with Gasteiger partial charge in [0.25, 0.3) is 5.91 Å². The zero-order valence-corrected chi connectivity index (χ0v) is 12.1. The van der Waals surface area contributed by atoms with E-state index in [4.69, 9.17) is 5.84 Å². The smallest absolute Gasteiger partial charge is 0.266 e. The van der Waals surface area contributed by atoms with Crippen LogP contribution in [0, 0.1) is 6.92 Å². The first-order valence-corrected chi connectivity index (χ1v) is 7.20. The van der Waals surface area contributed by atoms with Crippen LogP contribution in [0.1, 0.15) is 46.1 Å². The Kier molecular flexibility index (Phi) is 3.70. The SMILES string of the molecule is Cc1nc2c(n1Cc1ccc(C(=O)NN)cn1)CCCC2. The quantitative estimate of drug-likeness (QED) is 0.502. The van der Waals surface area contributed by atoms with Crippen molar-refractivity contribution in [2.45, 2.75) is 39.2 Å². The van der Waals surface area contributed by atoms with Crippen molar-refractivity contribution in [3.05, 3.63) is 46.8 Å². The van der Waals surface area contributed by atoms with E-state index in [0.29, 0.717) is 12.1 Å². The largest absolute Gasteiger partial charge is 0.326 e. The molecule has 0 saturated carbocycles. The van der Waals surface area contributed by atoms with Crippen LogP contribution in [0.4, 0.5) is 0 Å². The van der Waals surface area contributed by atoms with Gasteiger partial charge < -0.3 is 4.57 Å². The Morgan fingerprint density at radius 2 is 2.19 bits per heavy atom. The molecule has 0 atom stereocenters. The van der Waals surface area contributed by atoms with Crippen molar-refractivity contribution < 1.29 is 4.79 Å². The van der Waals surface area contributed by atoms with Crippen LogP contribution in [0.5, 0.6) is 0 Å². The summed E-state index contributed by atoms with van der Waals surface area (Å²) in [7, 11) is 0. The molecule has 0 saturated heterocycles. The highest BCUT2D eigenvalue weighted by Crippen LogP contribution is 2.22. The summed E-state index contributed by atoms with van der Waals surface area (Å²) in [6, 6.07) is 3.60. The van der Waals surface area contributed by atoms with Crippen molar-refractivity contribution >= 4 is 5.91 Å². The van der Waals surface area contributed by atoms with Gasteiger partial charge in [0.15, 0.2) is 0 Å². The summed E-state index contributed by atoms with van der Waals surface area (Å²) in [5, 5.41) is 0. The second kappa shape index (κ2) is 5.65. The molecule has 0 bridgehead atoms. The summed E-state index contributed by atoms with van der Waals surface area (Å²) in [5.74, 6) is 5.81. The maximum atomic E-state index is 11.4. The normalized spacial score (nSPS) is 13.8. The molecular weight excluding hydrogens is 266 g/mol. The van der Waals surface area contributed by atoms with Gasteiger partial charge in [-0.2, -0.15) is 0 Å². The predicted molar refractivity (Wildman–Crippen MR) is 78.6 cm³/mol. The van der Waals surface area contributed by atoms with Crippen LogP contribution in [0.25, 0.3) is 0 Å². The highest BCUT2D eigenvalue weighted by molar-refractivity contribution is 5.93. The number of nitrogens with zero attached hydrogens (tertiary/aromatic N) is 3.